The normalized spacial score (nSPS) is 24.3. The number of rotatable bonds is 2. The number of hydrogen-bond acceptors (Lipinski definition) is 3. The summed E-state index contributed by atoms with van der Waals surface area (Å²) in [4.78, 5) is 0. The fraction of sp³-hybridized carbons (Fsp3) is 0.857. The van der Waals surface area contributed by atoms with Gasteiger partial charge in [-0.15, -0.1) is 0 Å². The second-order valence-electron chi connectivity index (χ2n) is 6.44. The van der Waals surface area contributed by atoms with E-state index in [1.807, 2.05) is 0 Å². The van der Waals surface area contributed by atoms with Crippen molar-refractivity contribution in [2.45, 2.75) is 45.3 Å². The molecule has 110 valence electrons. The van der Waals surface area contributed by atoms with Gasteiger partial charge < -0.3 is 4.74 Å². The van der Waals surface area contributed by atoms with Crippen LogP contribution in [0.2, 0.25) is 0 Å². The Morgan fingerprint density at radius 1 is 1.26 bits per heavy atom. The van der Waals surface area contributed by atoms with Crippen LogP contribution in [0.1, 0.15) is 40.0 Å². The zero-order chi connectivity index (χ0) is 14.1. The molecule has 0 radical (unpaired) electrons. The van der Waals surface area contributed by atoms with Gasteiger partial charge in [0, 0.05) is 26.3 Å². The van der Waals surface area contributed by atoms with Crippen LogP contribution >= 0.6 is 0 Å². The molecule has 2 aliphatic rings. The molecule has 0 atom stereocenters. The molecule has 0 unspecified atom stereocenters. The Kier molecular flexibility index (Phi) is 4.38. The fourth-order valence-electron chi connectivity index (χ4n) is 2.75. The molecule has 1 saturated heterocycles. The molecular formula is C14H25NO3S. The molecule has 0 spiro atoms. The molecule has 2 aliphatic heterocycles. The highest BCUT2D eigenvalue weighted by atomic mass is 32.2. The maximum Gasteiger partial charge on any atom is 0.217 e. The van der Waals surface area contributed by atoms with Gasteiger partial charge in [0.25, 0.3) is 0 Å². The van der Waals surface area contributed by atoms with Gasteiger partial charge in [-0.05, 0) is 24.7 Å². The van der Waals surface area contributed by atoms with Crippen molar-refractivity contribution in [1.82, 2.24) is 4.31 Å². The lowest BCUT2D eigenvalue weighted by atomic mass is 9.83. The minimum atomic E-state index is -3.15. The van der Waals surface area contributed by atoms with E-state index in [4.69, 9.17) is 4.74 Å². The average molecular weight is 287 g/mol. The molecule has 5 heteroatoms. The summed E-state index contributed by atoms with van der Waals surface area (Å²) in [7, 11) is -3.15. The number of sulfonamides is 1. The van der Waals surface area contributed by atoms with E-state index in [0.29, 0.717) is 39.1 Å². The third-order valence-electron chi connectivity index (χ3n) is 4.08. The first-order chi connectivity index (χ1) is 8.82. The van der Waals surface area contributed by atoms with Crippen LogP contribution in [0.3, 0.4) is 0 Å². The molecule has 0 aromatic carbocycles. The first kappa shape index (κ1) is 15.0. The van der Waals surface area contributed by atoms with Crippen LogP contribution < -0.4 is 0 Å². The summed E-state index contributed by atoms with van der Waals surface area (Å²) < 4.78 is 32.0. The minimum absolute atomic E-state index is 0.147. The molecule has 2 heterocycles. The largest absolute Gasteiger partial charge is 0.381 e. The van der Waals surface area contributed by atoms with E-state index < -0.39 is 10.0 Å². The fourth-order valence-corrected chi connectivity index (χ4v) is 4.59. The molecule has 19 heavy (non-hydrogen) atoms. The molecule has 0 N–H and O–H groups in total. The van der Waals surface area contributed by atoms with E-state index in [9.17, 15) is 8.42 Å². The zero-order valence-corrected chi connectivity index (χ0v) is 13.0. The predicted molar refractivity (Wildman–Crippen MR) is 76.5 cm³/mol. The van der Waals surface area contributed by atoms with Crippen molar-refractivity contribution in [2.75, 3.05) is 26.3 Å². The third-order valence-corrected chi connectivity index (χ3v) is 6.45. The SMILES string of the molecule is CC(C)(C)C1=CCN(S(=O)(=O)C2CCOCC2)CC1. The summed E-state index contributed by atoms with van der Waals surface area (Å²) in [6, 6.07) is 0. The van der Waals surface area contributed by atoms with E-state index in [1.165, 1.54) is 5.57 Å². The quantitative estimate of drug-likeness (QED) is 0.731. The maximum atomic E-state index is 12.5. The van der Waals surface area contributed by atoms with Crippen LogP contribution in [-0.2, 0) is 14.8 Å². The topological polar surface area (TPSA) is 46.6 Å². The van der Waals surface area contributed by atoms with Gasteiger partial charge in [0.15, 0.2) is 0 Å². The Morgan fingerprint density at radius 3 is 2.37 bits per heavy atom. The van der Waals surface area contributed by atoms with Crippen molar-refractivity contribution in [3.8, 4) is 0 Å². The molecule has 0 aromatic rings. The van der Waals surface area contributed by atoms with E-state index in [0.717, 1.165) is 6.42 Å². The Morgan fingerprint density at radius 2 is 1.89 bits per heavy atom. The lowest BCUT2D eigenvalue weighted by Crippen LogP contribution is -2.43. The van der Waals surface area contributed by atoms with Crippen LogP contribution in [0, 0.1) is 5.41 Å². The van der Waals surface area contributed by atoms with Gasteiger partial charge in [0.1, 0.15) is 0 Å². The van der Waals surface area contributed by atoms with Gasteiger partial charge in [-0.3, -0.25) is 0 Å². The summed E-state index contributed by atoms with van der Waals surface area (Å²) in [6.07, 6.45) is 4.22. The lowest BCUT2D eigenvalue weighted by Gasteiger charge is -2.34. The Hall–Kier alpha value is -0.390. The zero-order valence-electron chi connectivity index (χ0n) is 12.2. The summed E-state index contributed by atoms with van der Waals surface area (Å²) in [5.74, 6) is 0. The molecule has 0 bridgehead atoms. The molecule has 2 rings (SSSR count). The minimum Gasteiger partial charge on any atom is -0.381 e. The summed E-state index contributed by atoms with van der Waals surface area (Å²) in [6.45, 7) is 8.85. The van der Waals surface area contributed by atoms with Crippen LogP contribution in [-0.4, -0.2) is 44.3 Å². The van der Waals surface area contributed by atoms with Gasteiger partial charge in [-0.1, -0.05) is 32.4 Å². The summed E-state index contributed by atoms with van der Waals surface area (Å²) in [5.41, 5.74) is 1.51. The van der Waals surface area contributed by atoms with Gasteiger partial charge in [-0.25, -0.2) is 8.42 Å². The number of ether oxygens (including phenoxy) is 1. The number of hydrogen-bond donors (Lipinski definition) is 0. The molecule has 0 saturated carbocycles. The van der Waals surface area contributed by atoms with Crippen molar-refractivity contribution >= 4 is 10.0 Å². The van der Waals surface area contributed by atoms with Gasteiger partial charge >= 0.3 is 0 Å². The Labute approximate surface area is 116 Å². The number of nitrogens with zero attached hydrogens (tertiary/aromatic N) is 1. The Balaban J connectivity index is 2.06. The molecule has 0 amide bonds. The second kappa shape index (κ2) is 5.54. The van der Waals surface area contributed by atoms with Crippen molar-refractivity contribution in [1.29, 1.82) is 0 Å². The summed E-state index contributed by atoms with van der Waals surface area (Å²) in [5, 5.41) is -0.245. The highest BCUT2D eigenvalue weighted by molar-refractivity contribution is 7.89. The average Bonchev–Trinajstić information content (AvgIpc) is 2.39. The smallest absolute Gasteiger partial charge is 0.217 e. The molecule has 0 aromatic heterocycles. The van der Waals surface area contributed by atoms with Crippen molar-refractivity contribution in [2.24, 2.45) is 5.41 Å². The molecule has 1 fully saturated rings. The molecule has 4 nitrogen and oxygen atoms in total. The van der Waals surface area contributed by atoms with Crippen LogP contribution in [0.4, 0.5) is 0 Å². The second-order valence-corrected chi connectivity index (χ2v) is 8.66. The molecular weight excluding hydrogens is 262 g/mol. The highest BCUT2D eigenvalue weighted by Crippen LogP contribution is 2.31. The van der Waals surface area contributed by atoms with Crippen LogP contribution in [0.15, 0.2) is 11.6 Å². The van der Waals surface area contributed by atoms with Crippen LogP contribution in [0.5, 0.6) is 0 Å². The Bertz CT molecular complexity index is 442. The monoisotopic (exact) mass is 287 g/mol. The van der Waals surface area contributed by atoms with Gasteiger partial charge in [0.05, 0.1) is 5.25 Å². The van der Waals surface area contributed by atoms with E-state index in [1.54, 1.807) is 4.31 Å². The van der Waals surface area contributed by atoms with E-state index >= 15 is 0 Å². The van der Waals surface area contributed by atoms with Crippen molar-refractivity contribution in [3.05, 3.63) is 11.6 Å². The first-order valence-electron chi connectivity index (χ1n) is 7.08. The molecule has 0 aliphatic carbocycles. The maximum absolute atomic E-state index is 12.5. The third kappa shape index (κ3) is 3.38. The lowest BCUT2D eigenvalue weighted by molar-refractivity contribution is 0.0972. The van der Waals surface area contributed by atoms with E-state index in [2.05, 4.69) is 26.8 Å². The van der Waals surface area contributed by atoms with Crippen molar-refractivity contribution < 1.29 is 13.2 Å². The van der Waals surface area contributed by atoms with Crippen molar-refractivity contribution in [3.63, 3.8) is 0 Å². The predicted octanol–water partition coefficient (Wildman–Crippen LogP) is 2.17. The first-order valence-corrected chi connectivity index (χ1v) is 8.58. The van der Waals surface area contributed by atoms with E-state index in [-0.39, 0.29) is 10.7 Å². The highest BCUT2D eigenvalue weighted by Gasteiger charge is 2.34. The van der Waals surface area contributed by atoms with Crippen LogP contribution in [0.25, 0.3) is 0 Å². The standard InChI is InChI=1S/C14H25NO3S/c1-14(2,3)12-4-8-15(9-5-12)19(16,17)13-6-10-18-11-7-13/h4,13H,5-11H2,1-3H3. The summed E-state index contributed by atoms with van der Waals surface area (Å²) >= 11 is 0. The van der Waals surface area contributed by atoms with Gasteiger partial charge in [-0.2, -0.15) is 4.31 Å². The van der Waals surface area contributed by atoms with Gasteiger partial charge in [0.2, 0.25) is 10.0 Å².